The highest BCUT2D eigenvalue weighted by molar-refractivity contribution is 7.89. The molecule has 1 heterocycles. The maximum absolute atomic E-state index is 11.5. The largest absolute Gasteiger partial charge is 0.314 e. The Kier molecular flexibility index (Phi) is 4.31. The number of sulfonamides is 1. The molecule has 1 saturated heterocycles. The second-order valence-corrected chi connectivity index (χ2v) is 5.99. The Morgan fingerprint density at radius 3 is 2.36 bits per heavy atom. The first-order valence-corrected chi connectivity index (χ1v) is 6.46. The van der Waals surface area contributed by atoms with Crippen LogP contribution in [0, 0.1) is 0 Å². The molecule has 5 nitrogen and oxygen atoms in total. The van der Waals surface area contributed by atoms with Gasteiger partial charge in [0.2, 0.25) is 10.0 Å². The third kappa shape index (κ3) is 3.53. The lowest BCUT2D eigenvalue weighted by atomic mass is 10.4. The summed E-state index contributed by atoms with van der Waals surface area (Å²) in [4.78, 5) is 2.18. The number of nitrogens with one attached hydrogen (secondary N) is 1. The third-order valence-corrected chi connectivity index (χ3v) is 4.24. The van der Waals surface area contributed by atoms with E-state index in [9.17, 15) is 8.42 Å². The van der Waals surface area contributed by atoms with E-state index in [1.54, 1.807) is 14.1 Å². The molecule has 1 fully saturated rings. The number of nitrogens with zero attached hydrogens (tertiary/aromatic N) is 2. The fourth-order valence-corrected chi connectivity index (χ4v) is 2.22. The molecule has 0 spiro atoms. The zero-order valence-corrected chi connectivity index (χ0v) is 9.68. The molecule has 1 rings (SSSR count). The first kappa shape index (κ1) is 11.9. The maximum atomic E-state index is 11.5. The summed E-state index contributed by atoms with van der Waals surface area (Å²) in [7, 11) is 0.127. The molecule has 0 saturated carbocycles. The van der Waals surface area contributed by atoms with E-state index >= 15 is 0 Å². The van der Waals surface area contributed by atoms with Crippen molar-refractivity contribution >= 4 is 10.0 Å². The third-order valence-electron chi connectivity index (χ3n) is 2.43. The highest BCUT2D eigenvalue weighted by atomic mass is 32.2. The van der Waals surface area contributed by atoms with Gasteiger partial charge in [0.15, 0.2) is 0 Å². The number of piperazine rings is 1. The molecule has 1 N–H and O–H groups in total. The van der Waals surface area contributed by atoms with Gasteiger partial charge in [-0.15, -0.1) is 0 Å². The Labute approximate surface area is 86.1 Å². The van der Waals surface area contributed by atoms with Crippen LogP contribution in [0.15, 0.2) is 0 Å². The fourth-order valence-electron chi connectivity index (χ4n) is 1.36. The van der Waals surface area contributed by atoms with Crippen molar-refractivity contribution in [3.63, 3.8) is 0 Å². The lowest BCUT2D eigenvalue weighted by Crippen LogP contribution is -2.45. The molecule has 0 bridgehead atoms. The number of rotatable bonds is 4. The van der Waals surface area contributed by atoms with E-state index in [4.69, 9.17) is 0 Å². The second kappa shape index (κ2) is 5.06. The van der Waals surface area contributed by atoms with Gasteiger partial charge in [0.05, 0.1) is 5.75 Å². The van der Waals surface area contributed by atoms with Gasteiger partial charge in [-0.3, -0.25) is 4.90 Å². The average Bonchev–Trinajstić information content (AvgIpc) is 2.16. The Hall–Kier alpha value is -0.170. The molecule has 6 heteroatoms. The summed E-state index contributed by atoms with van der Waals surface area (Å²) in [6.07, 6.45) is 0. The molecular formula is C8H19N3O2S. The van der Waals surface area contributed by atoms with Crippen molar-refractivity contribution in [3.05, 3.63) is 0 Å². The summed E-state index contributed by atoms with van der Waals surface area (Å²) in [5, 5.41) is 3.23. The van der Waals surface area contributed by atoms with Crippen LogP contribution in [-0.4, -0.2) is 70.2 Å². The standard InChI is InChI=1S/C8H19N3O2S/c1-10(2)14(12,13)8-7-11-5-3-9-4-6-11/h9H,3-8H2,1-2H3. The van der Waals surface area contributed by atoms with E-state index in [0.29, 0.717) is 6.54 Å². The Morgan fingerprint density at radius 2 is 1.86 bits per heavy atom. The summed E-state index contributed by atoms with van der Waals surface area (Å²) in [6, 6.07) is 0. The van der Waals surface area contributed by atoms with Gasteiger partial charge in [-0.2, -0.15) is 0 Å². The van der Waals surface area contributed by atoms with E-state index in [1.165, 1.54) is 4.31 Å². The second-order valence-electron chi connectivity index (χ2n) is 3.69. The van der Waals surface area contributed by atoms with Gasteiger partial charge < -0.3 is 5.32 Å². The lowest BCUT2D eigenvalue weighted by Gasteiger charge is -2.27. The van der Waals surface area contributed by atoms with Crippen molar-refractivity contribution in [3.8, 4) is 0 Å². The topological polar surface area (TPSA) is 52.7 Å². The van der Waals surface area contributed by atoms with Crippen molar-refractivity contribution in [2.24, 2.45) is 0 Å². The van der Waals surface area contributed by atoms with Crippen LogP contribution < -0.4 is 5.32 Å². The van der Waals surface area contributed by atoms with Crippen LogP contribution in [0.25, 0.3) is 0 Å². The molecule has 14 heavy (non-hydrogen) atoms. The zero-order valence-electron chi connectivity index (χ0n) is 8.86. The molecule has 0 radical (unpaired) electrons. The van der Waals surface area contributed by atoms with E-state index in [0.717, 1.165) is 26.2 Å². The molecule has 1 aliphatic heterocycles. The Bertz CT molecular complexity index is 258. The minimum absolute atomic E-state index is 0.222. The number of hydrogen-bond donors (Lipinski definition) is 1. The van der Waals surface area contributed by atoms with Crippen molar-refractivity contribution in [1.82, 2.24) is 14.5 Å². The van der Waals surface area contributed by atoms with Crippen molar-refractivity contribution in [2.75, 3.05) is 52.6 Å². The molecule has 0 aromatic heterocycles. The first-order valence-electron chi connectivity index (χ1n) is 4.85. The van der Waals surface area contributed by atoms with Gasteiger partial charge in [0, 0.05) is 46.8 Å². The van der Waals surface area contributed by atoms with E-state index in [-0.39, 0.29) is 5.75 Å². The minimum atomic E-state index is -3.03. The SMILES string of the molecule is CN(C)S(=O)(=O)CCN1CCNCC1. The predicted octanol–water partition coefficient (Wildman–Crippen LogP) is -1.22. The molecule has 1 aliphatic rings. The predicted molar refractivity (Wildman–Crippen MR) is 56.8 cm³/mol. The van der Waals surface area contributed by atoms with E-state index in [1.807, 2.05) is 0 Å². The maximum Gasteiger partial charge on any atom is 0.214 e. The van der Waals surface area contributed by atoms with E-state index < -0.39 is 10.0 Å². The monoisotopic (exact) mass is 221 g/mol. The molecule has 0 unspecified atom stereocenters. The Morgan fingerprint density at radius 1 is 1.29 bits per heavy atom. The average molecular weight is 221 g/mol. The number of hydrogen-bond acceptors (Lipinski definition) is 4. The van der Waals surface area contributed by atoms with Crippen molar-refractivity contribution in [1.29, 1.82) is 0 Å². The van der Waals surface area contributed by atoms with Crippen LogP contribution in [0.1, 0.15) is 0 Å². The van der Waals surface area contributed by atoms with E-state index in [2.05, 4.69) is 10.2 Å². The zero-order chi connectivity index (χ0) is 10.6. The summed E-state index contributed by atoms with van der Waals surface area (Å²) < 4.78 is 24.2. The van der Waals surface area contributed by atoms with Crippen molar-refractivity contribution < 1.29 is 8.42 Å². The van der Waals surface area contributed by atoms with Crippen LogP contribution in [-0.2, 0) is 10.0 Å². The smallest absolute Gasteiger partial charge is 0.214 e. The van der Waals surface area contributed by atoms with Crippen LogP contribution in [0.4, 0.5) is 0 Å². The van der Waals surface area contributed by atoms with Crippen LogP contribution in [0.2, 0.25) is 0 Å². The summed E-state index contributed by atoms with van der Waals surface area (Å²) in [5.74, 6) is 0.222. The molecule has 0 aromatic rings. The highest BCUT2D eigenvalue weighted by Crippen LogP contribution is 1.98. The first-order chi connectivity index (χ1) is 6.52. The normalized spacial score (nSPS) is 20.2. The summed E-state index contributed by atoms with van der Waals surface area (Å²) in [5.41, 5.74) is 0. The highest BCUT2D eigenvalue weighted by Gasteiger charge is 2.16. The molecule has 0 aromatic carbocycles. The van der Waals surface area contributed by atoms with Gasteiger partial charge in [0.1, 0.15) is 0 Å². The molecule has 0 amide bonds. The van der Waals surface area contributed by atoms with Gasteiger partial charge in [-0.05, 0) is 0 Å². The van der Waals surface area contributed by atoms with Crippen LogP contribution >= 0.6 is 0 Å². The minimum Gasteiger partial charge on any atom is -0.314 e. The van der Waals surface area contributed by atoms with Gasteiger partial charge in [-0.25, -0.2) is 12.7 Å². The van der Waals surface area contributed by atoms with Gasteiger partial charge >= 0.3 is 0 Å². The van der Waals surface area contributed by atoms with Gasteiger partial charge in [-0.1, -0.05) is 0 Å². The summed E-state index contributed by atoms with van der Waals surface area (Å²) >= 11 is 0. The molecule has 84 valence electrons. The van der Waals surface area contributed by atoms with Crippen molar-refractivity contribution in [2.45, 2.75) is 0 Å². The molecular weight excluding hydrogens is 202 g/mol. The molecule has 0 aliphatic carbocycles. The Balaban J connectivity index is 2.32. The molecule has 0 atom stereocenters. The fraction of sp³-hybridized carbons (Fsp3) is 1.00. The quantitative estimate of drug-likeness (QED) is 0.647. The van der Waals surface area contributed by atoms with Crippen LogP contribution in [0.5, 0.6) is 0 Å². The lowest BCUT2D eigenvalue weighted by molar-refractivity contribution is 0.253. The van der Waals surface area contributed by atoms with Gasteiger partial charge in [0.25, 0.3) is 0 Å². The summed E-state index contributed by atoms with van der Waals surface area (Å²) in [6.45, 7) is 4.46. The van der Waals surface area contributed by atoms with Crippen LogP contribution in [0.3, 0.4) is 0 Å².